The first kappa shape index (κ1) is 22.2. The SMILES string of the molecule is CCc1ccc(CN(C)C(=O)CS(=O)Cc2csc(COc3ccccc3)n2)cc1. The van der Waals surface area contributed by atoms with Crippen LogP contribution in [0.4, 0.5) is 0 Å². The lowest BCUT2D eigenvalue weighted by Crippen LogP contribution is -2.30. The van der Waals surface area contributed by atoms with E-state index < -0.39 is 10.8 Å². The lowest BCUT2D eigenvalue weighted by Gasteiger charge is -2.17. The zero-order chi connectivity index (χ0) is 21.3. The third-order valence-corrected chi connectivity index (χ3v) is 6.63. The van der Waals surface area contributed by atoms with Gasteiger partial charge in [0.25, 0.3) is 0 Å². The number of para-hydroxylation sites is 1. The molecule has 0 bridgehead atoms. The molecule has 0 aliphatic rings. The maximum Gasteiger partial charge on any atom is 0.235 e. The summed E-state index contributed by atoms with van der Waals surface area (Å²) in [6, 6.07) is 17.8. The van der Waals surface area contributed by atoms with Gasteiger partial charge in [-0.05, 0) is 29.7 Å². The molecule has 3 rings (SSSR count). The van der Waals surface area contributed by atoms with Gasteiger partial charge in [0.05, 0.1) is 11.4 Å². The first-order valence-electron chi connectivity index (χ1n) is 9.81. The molecule has 1 unspecified atom stereocenters. The Labute approximate surface area is 184 Å². The Bertz CT molecular complexity index is 972. The third kappa shape index (κ3) is 6.78. The first-order chi connectivity index (χ1) is 14.5. The second-order valence-electron chi connectivity index (χ2n) is 6.98. The fourth-order valence-corrected chi connectivity index (χ4v) is 4.74. The van der Waals surface area contributed by atoms with Gasteiger partial charge in [0.2, 0.25) is 5.91 Å². The highest BCUT2D eigenvalue weighted by Crippen LogP contribution is 2.16. The Hall–Kier alpha value is -2.51. The summed E-state index contributed by atoms with van der Waals surface area (Å²) >= 11 is 1.47. The normalized spacial score (nSPS) is 11.8. The Morgan fingerprint density at radius 2 is 1.80 bits per heavy atom. The number of nitrogens with zero attached hydrogens (tertiary/aromatic N) is 2. The molecule has 1 aromatic heterocycles. The predicted octanol–water partition coefficient (Wildman–Crippen LogP) is 4.19. The number of aromatic nitrogens is 1. The average molecular weight is 443 g/mol. The fraction of sp³-hybridized carbons (Fsp3) is 0.304. The van der Waals surface area contributed by atoms with Crippen molar-refractivity contribution < 1.29 is 13.7 Å². The minimum atomic E-state index is -1.30. The molecule has 0 fully saturated rings. The van der Waals surface area contributed by atoms with Crippen LogP contribution in [0.5, 0.6) is 5.75 Å². The molecule has 7 heteroatoms. The Balaban J connectivity index is 1.45. The molecule has 1 amide bonds. The van der Waals surface area contributed by atoms with Crippen molar-refractivity contribution in [3.05, 3.63) is 81.8 Å². The zero-order valence-corrected chi connectivity index (χ0v) is 18.9. The lowest BCUT2D eigenvalue weighted by molar-refractivity contribution is -0.127. The molecule has 0 radical (unpaired) electrons. The molecule has 0 aliphatic heterocycles. The van der Waals surface area contributed by atoms with E-state index in [-0.39, 0.29) is 17.4 Å². The van der Waals surface area contributed by atoms with E-state index in [9.17, 15) is 9.00 Å². The summed E-state index contributed by atoms with van der Waals surface area (Å²) in [5.74, 6) is 0.926. The van der Waals surface area contributed by atoms with Gasteiger partial charge in [-0.3, -0.25) is 9.00 Å². The van der Waals surface area contributed by atoms with Crippen molar-refractivity contribution >= 4 is 28.0 Å². The summed E-state index contributed by atoms with van der Waals surface area (Å²) in [4.78, 5) is 18.5. The van der Waals surface area contributed by atoms with E-state index >= 15 is 0 Å². The smallest absolute Gasteiger partial charge is 0.235 e. The van der Waals surface area contributed by atoms with Crippen LogP contribution in [0.25, 0.3) is 0 Å². The Morgan fingerprint density at radius 1 is 1.10 bits per heavy atom. The van der Waals surface area contributed by atoms with Crippen LogP contribution in [0, 0.1) is 0 Å². The van der Waals surface area contributed by atoms with Crippen LogP contribution >= 0.6 is 11.3 Å². The largest absolute Gasteiger partial charge is 0.486 e. The van der Waals surface area contributed by atoms with E-state index in [0.717, 1.165) is 28.4 Å². The van der Waals surface area contributed by atoms with Crippen molar-refractivity contribution in [2.75, 3.05) is 12.8 Å². The van der Waals surface area contributed by atoms with Crippen LogP contribution in [-0.4, -0.2) is 32.8 Å². The van der Waals surface area contributed by atoms with Gasteiger partial charge < -0.3 is 9.64 Å². The summed E-state index contributed by atoms with van der Waals surface area (Å²) in [7, 11) is 0.446. The molecule has 5 nitrogen and oxygen atoms in total. The number of hydrogen-bond donors (Lipinski definition) is 0. The first-order valence-corrected chi connectivity index (χ1v) is 12.2. The van der Waals surface area contributed by atoms with Crippen LogP contribution in [0.3, 0.4) is 0 Å². The van der Waals surface area contributed by atoms with Gasteiger partial charge in [-0.1, -0.05) is 49.4 Å². The maximum absolute atomic E-state index is 12.4. The molecule has 0 N–H and O–H groups in total. The van der Waals surface area contributed by atoms with Gasteiger partial charge in [-0.15, -0.1) is 11.3 Å². The molecule has 0 saturated heterocycles. The maximum atomic E-state index is 12.4. The minimum Gasteiger partial charge on any atom is -0.486 e. The van der Waals surface area contributed by atoms with Crippen LogP contribution in [0.15, 0.2) is 60.0 Å². The highest BCUT2D eigenvalue weighted by Gasteiger charge is 2.15. The van der Waals surface area contributed by atoms with E-state index in [0.29, 0.717) is 13.2 Å². The number of rotatable bonds is 10. The van der Waals surface area contributed by atoms with E-state index in [2.05, 4.69) is 24.0 Å². The summed E-state index contributed by atoms with van der Waals surface area (Å²) in [5.41, 5.74) is 3.07. The van der Waals surface area contributed by atoms with Gasteiger partial charge in [-0.2, -0.15) is 0 Å². The van der Waals surface area contributed by atoms with E-state index in [4.69, 9.17) is 4.74 Å². The molecule has 1 atom stereocenters. The Kier molecular flexibility index (Phi) is 8.16. The molecule has 2 aromatic carbocycles. The molecule has 0 saturated carbocycles. The summed E-state index contributed by atoms with van der Waals surface area (Å²) in [5, 5.41) is 2.70. The number of hydrogen-bond acceptors (Lipinski definition) is 5. The van der Waals surface area contributed by atoms with E-state index in [1.165, 1.54) is 16.9 Å². The van der Waals surface area contributed by atoms with E-state index in [1.54, 1.807) is 11.9 Å². The van der Waals surface area contributed by atoms with Crippen LogP contribution < -0.4 is 4.74 Å². The van der Waals surface area contributed by atoms with Crippen LogP contribution in [0.1, 0.15) is 28.8 Å². The number of carbonyl (C=O) groups is 1. The minimum absolute atomic E-state index is 0.00306. The van der Waals surface area contributed by atoms with Gasteiger partial charge in [0.1, 0.15) is 23.1 Å². The van der Waals surface area contributed by atoms with Crippen molar-refractivity contribution in [1.29, 1.82) is 0 Å². The topological polar surface area (TPSA) is 59.5 Å². The summed E-state index contributed by atoms with van der Waals surface area (Å²) in [6.45, 7) is 3.00. The zero-order valence-electron chi connectivity index (χ0n) is 17.2. The lowest BCUT2D eigenvalue weighted by atomic mass is 10.1. The monoisotopic (exact) mass is 442 g/mol. The van der Waals surface area contributed by atoms with Crippen molar-refractivity contribution in [2.24, 2.45) is 0 Å². The van der Waals surface area contributed by atoms with Crippen molar-refractivity contribution in [2.45, 2.75) is 32.2 Å². The summed E-state index contributed by atoms with van der Waals surface area (Å²) in [6.07, 6.45) is 0.991. The molecule has 158 valence electrons. The highest BCUT2D eigenvalue weighted by atomic mass is 32.2. The number of carbonyl (C=O) groups excluding carboxylic acids is 1. The molecule has 1 heterocycles. The van der Waals surface area contributed by atoms with Crippen LogP contribution in [-0.2, 0) is 40.9 Å². The van der Waals surface area contributed by atoms with Gasteiger partial charge in [0.15, 0.2) is 0 Å². The fourth-order valence-electron chi connectivity index (χ4n) is 2.85. The number of benzene rings is 2. The highest BCUT2D eigenvalue weighted by molar-refractivity contribution is 7.84. The number of aryl methyl sites for hydroxylation is 1. The second-order valence-corrected chi connectivity index (χ2v) is 9.38. The predicted molar refractivity (Wildman–Crippen MR) is 122 cm³/mol. The van der Waals surface area contributed by atoms with Crippen molar-refractivity contribution in [1.82, 2.24) is 9.88 Å². The second kappa shape index (κ2) is 11.0. The third-order valence-electron chi connectivity index (χ3n) is 4.57. The molecular formula is C23H26N2O3S2. The Morgan fingerprint density at radius 3 is 2.50 bits per heavy atom. The molecular weight excluding hydrogens is 416 g/mol. The number of ether oxygens (including phenoxy) is 1. The summed E-state index contributed by atoms with van der Waals surface area (Å²) < 4.78 is 18.1. The van der Waals surface area contributed by atoms with Gasteiger partial charge in [0, 0.05) is 29.8 Å². The van der Waals surface area contributed by atoms with Gasteiger partial charge in [-0.25, -0.2) is 4.98 Å². The quantitative estimate of drug-likeness (QED) is 0.472. The molecule has 3 aromatic rings. The number of amides is 1. The van der Waals surface area contributed by atoms with Crippen molar-refractivity contribution in [3.63, 3.8) is 0 Å². The van der Waals surface area contributed by atoms with Crippen molar-refractivity contribution in [3.8, 4) is 5.75 Å². The number of thiazole rings is 1. The van der Waals surface area contributed by atoms with E-state index in [1.807, 2.05) is 47.8 Å². The standard InChI is InChI=1S/C23H26N2O3S2/c1-3-18-9-11-19(12-10-18)13-25(2)23(26)17-30(27)16-20-15-29-22(24-20)14-28-21-7-5-4-6-8-21/h4-12,15H,3,13-14,16-17H2,1-2H3. The molecule has 0 spiro atoms. The molecule has 30 heavy (non-hydrogen) atoms. The average Bonchev–Trinajstić information content (AvgIpc) is 3.20. The molecule has 0 aliphatic carbocycles. The van der Waals surface area contributed by atoms with Crippen LogP contribution in [0.2, 0.25) is 0 Å². The van der Waals surface area contributed by atoms with Gasteiger partial charge >= 0.3 is 0 Å².